The van der Waals surface area contributed by atoms with E-state index >= 15 is 0 Å². The lowest BCUT2D eigenvalue weighted by Crippen LogP contribution is -2.05. The van der Waals surface area contributed by atoms with Gasteiger partial charge in [0.25, 0.3) is 0 Å². The Labute approximate surface area is 164 Å². The number of hydrogen-bond acceptors (Lipinski definition) is 2. The fourth-order valence-electron chi connectivity index (χ4n) is 3.43. The Morgan fingerprint density at radius 2 is 1.00 bits per heavy atom. The first-order valence-corrected chi connectivity index (χ1v) is 11.7. The van der Waals surface area contributed by atoms with Gasteiger partial charge in [0.1, 0.15) is 0 Å². The van der Waals surface area contributed by atoms with Gasteiger partial charge in [-0.3, -0.25) is 0 Å². The number of unbranched alkanes of at least 4 members (excludes halogenated alkanes) is 14. The highest BCUT2D eigenvalue weighted by atomic mass is 16.3. The lowest BCUT2D eigenvalue weighted by Gasteiger charge is -2.09. The molecular formula is C24H48O2. The summed E-state index contributed by atoms with van der Waals surface area (Å²) in [5.41, 5.74) is 0. The maximum atomic E-state index is 9.80. The average Bonchev–Trinajstić information content (AvgIpc) is 2.65. The van der Waals surface area contributed by atoms with Crippen LogP contribution in [0.15, 0.2) is 12.2 Å². The average molecular weight is 369 g/mol. The molecule has 0 radical (unpaired) electrons. The van der Waals surface area contributed by atoms with Crippen LogP contribution in [0.2, 0.25) is 0 Å². The van der Waals surface area contributed by atoms with Crippen molar-refractivity contribution in [3.8, 4) is 0 Å². The molecule has 2 nitrogen and oxygen atoms in total. The molecule has 0 aromatic carbocycles. The summed E-state index contributed by atoms with van der Waals surface area (Å²) in [6.45, 7) is 2.54. The minimum absolute atomic E-state index is 0.0481. The van der Waals surface area contributed by atoms with Crippen molar-refractivity contribution < 1.29 is 10.2 Å². The van der Waals surface area contributed by atoms with E-state index in [0.717, 1.165) is 19.3 Å². The molecule has 0 saturated carbocycles. The highest BCUT2D eigenvalue weighted by molar-refractivity contribution is 4.81. The third kappa shape index (κ3) is 21.7. The van der Waals surface area contributed by atoms with Crippen LogP contribution in [-0.4, -0.2) is 22.9 Å². The molecule has 1 atom stereocenters. The van der Waals surface area contributed by atoms with Gasteiger partial charge >= 0.3 is 0 Å². The van der Waals surface area contributed by atoms with Gasteiger partial charge in [0, 0.05) is 6.61 Å². The molecule has 0 fully saturated rings. The molecule has 0 aliphatic rings. The largest absolute Gasteiger partial charge is 0.396 e. The summed E-state index contributed by atoms with van der Waals surface area (Å²) < 4.78 is 0. The summed E-state index contributed by atoms with van der Waals surface area (Å²) >= 11 is 0. The van der Waals surface area contributed by atoms with Crippen molar-refractivity contribution in [3.63, 3.8) is 0 Å². The summed E-state index contributed by atoms with van der Waals surface area (Å²) in [6.07, 6.45) is 28.3. The SMILES string of the molecule is CCCCC(O)CCCCCCCCC/C=C\CCCCCCCCO. The highest BCUT2D eigenvalue weighted by Crippen LogP contribution is 2.13. The zero-order chi connectivity index (χ0) is 19.1. The van der Waals surface area contributed by atoms with Crippen molar-refractivity contribution >= 4 is 0 Å². The Balaban J connectivity index is 3.12. The molecule has 0 aliphatic heterocycles. The first kappa shape index (κ1) is 25.7. The number of rotatable bonds is 21. The molecule has 0 aliphatic carbocycles. The molecule has 0 rings (SSSR count). The number of aliphatic hydroxyl groups is 2. The smallest absolute Gasteiger partial charge is 0.0540 e. The third-order valence-corrected chi connectivity index (χ3v) is 5.24. The molecule has 0 bridgehead atoms. The second kappa shape index (κ2) is 22.7. The Kier molecular flexibility index (Phi) is 22.4. The van der Waals surface area contributed by atoms with Gasteiger partial charge in [-0.05, 0) is 44.9 Å². The molecule has 2 N–H and O–H groups in total. The Morgan fingerprint density at radius 3 is 1.50 bits per heavy atom. The predicted molar refractivity (Wildman–Crippen MR) is 116 cm³/mol. The molecule has 0 saturated heterocycles. The van der Waals surface area contributed by atoms with Gasteiger partial charge in [0.15, 0.2) is 0 Å². The molecule has 0 aromatic heterocycles. The van der Waals surface area contributed by atoms with Gasteiger partial charge in [-0.15, -0.1) is 0 Å². The molecule has 1 unspecified atom stereocenters. The number of aliphatic hydroxyl groups excluding tert-OH is 2. The number of allylic oxidation sites excluding steroid dienone is 2. The number of hydrogen-bond donors (Lipinski definition) is 2. The summed E-state index contributed by atoms with van der Waals surface area (Å²) in [7, 11) is 0. The predicted octanol–water partition coefficient (Wildman–Crippen LogP) is 7.33. The van der Waals surface area contributed by atoms with Crippen LogP contribution in [0.3, 0.4) is 0 Å². The van der Waals surface area contributed by atoms with Crippen molar-refractivity contribution in [2.45, 2.75) is 135 Å². The lowest BCUT2D eigenvalue weighted by atomic mass is 10.0. The normalized spacial score (nSPS) is 12.9. The topological polar surface area (TPSA) is 40.5 Å². The maximum Gasteiger partial charge on any atom is 0.0540 e. The monoisotopic (exact) mass is 368 g/mol. The molecule has 26 heavy (non-hydrogen) atoms. The van der Waals surface area contributed by atoms with Gasteiger partial charge in [-0.1, -0.05) is 96.1 Å². The van der Waals surface area contributed by atoms with Crippen molar-refractivity contribution in [1.82, 2.24) is 0 Å². The molecule has 0 aromatic rings. The van der Waals surface area contributed by atoms with Gasteiger partial charge in [-0.2, -0.15) is 0 Å². The summed E-state index contributed by atoms with van der Waals surface area (Å²) in [5.74, 6) is 0. The first-order chi connectivity index (χ1) is 12.8. The fourth-order valence-corrected chi connectivity index (χ4v) is 3.43. The molecule has 0 spiro atoms. The molecule has 2 heteroatoms. The van der Waals surface area contributed by atoms with E-state index in [2.05, 4.69) is 19.1 Å². The summed E-state index contributed by atoms with van der Waals surface area (Å²) in [4.78, 5) is 0. The highest BCUT2D eigenvalue weighted by Gasteiger charge is 2.02. The second-order valence-electron chi connectivity index (χ2n) is 7.95. The van der Waals surface area contributed by atoms with Crippen LogP contribution in [0, 0.1) is 0 Å². The van der Waals surface area contributed by atoms with Crippen LogP contribution >= 0.6 is 0 Å². The van der Waals surface area contributed by atoms with Crippen LogP contribution in [0.25, 0.3) is 0 Å². The summed E-state index contributed by atoms with van der Waals surface area (Å²) in [6, 6.07) is 0. The van der Waals surface area contributed by atoms with Crippen LogP contribution in [0.4, 0.5) is 0 Å². The molecule has 0 amide bonds. The van der Waals surface area contributed by atoms with E-state index in [1.165, 1.54) is 103 Å². The van der Waals surface area contributed by atoms with Crippen LogP contribution in [0.1, 0.15) is 129 Å². The van der Waals surface area contributed by atoms with E-state index in [4.69, 9.17) is 5.11 Å². The van der Waals surface area contributed by atoms with Crippen molar-refractivity contribution in [2.75, 3.05) is 6.61 Å². The lowest BCUT2D eigenvalue weighted by molar-refractivity contribution is 0.148. The molecular weight excluding hydrogens is 320 g/mol. The van der Waals surface area contributed by atoms with Crippen molar-refractivity contribution in [3.05, 3.63) is 12.2 Å². The van der Waals surface area contributed by atoms with Crippen LogP contribution in [0.5, 0.6) is 0 Å². The summed E-state index contributed by atoms with van der Waals surface area (Å²) in [5, 5.41) is 18.5. The van der Waals surface area contributed by atoms with Gasteiger partial charge < -0.3 is 10.2 Å². The van der Waals surface area contributed by atoms with E-state index in [1.807, 2.05) is 0 Å². The van der Waals surface area contributed by atoms with E-state index in [1.54, 1.807) is 0 Å². The van der Waals surface area contributed by atoms with Crippen molar-refractivity contribution in [2.24, 2.45) is 0 Å². The third-order valence-electron chi connectivity index (χ3n) is 5.24. The van der Waals surface area contributed by atoms with Gasteiger partial charge in [-0.25, -0.2) is 0 Å². The second-order valence-corrected chi connectivity index (χ2v) is 7.95. The minimum Gasteiger partial charge on any atom is -0.396 e. The quantitative estimate of drug-likeness (QED) is 0.164. The Morgan fingerprint density at radius 1 is 0.577 bits per heavy atom. The van der Waals surface area contributed by atoms with Crippen LogP contribution in [-0.2, 0) is 0 Å². The standard InChI is InChI=1S/C24H48O2/c1-2-3-21-24(26)22-19-17-15-13-11-9-7-5-4-6-8-10-12-14-16-18-20-23-25/h4,6,24-26H,2-3,5,7-23H2,1H3/b6-4-. The Bertz CT molecular complexity index is 275. The fraction of sp³-hybridized carbons (Fsp3) is 0.917. The van der Waals surface area contributed by atoms with Gasteiger partial charge in [0.05, 0.1) is 6.10 Å². The van der Waals surface area contributed by atoms with E-state index in [9.17, 15) is 5.11 Å². The molecule has 0 heterocycles. The first-order valence-electron chi connectivity index (χ1n) is 11.7. The van der Waals surface area contributed by atoms with Crippen LogP contribution < -0.4 is 0 Å². The van der Waals surface area contributed by atoms with E-state index in [0.29, 0.717) is 6.61 Å². The van der Waals surface area contributed by atoms with E-state index < -0.39 is 0 Å². The molecule has 156 valence electrons. The Hall–Kier alpha value is -0.340. The van der Waals surface area contributed by atoms with Gasteiger partial charge in [0.2, 0.25) is 0 Å². The van der Waals surface area contributed by atoms with Crippen molar-refractivity contribution in [1.29, 1.82) is 0 Å². The zero-order valence-electron chi connectivity index (χ0n) is 17.8. The minimum atomic E-state index is -0.0481. The van der Waals surface area contributed by atoms with E-state index in [-0.39, 0.29) is 6.10 Å². The maximum absolute atomic E-state index is 9.80. The zero-order valence-corrected chi connectivity index (χ0v) is 17.8.